The highest BCUT2D eigenvalue weighted by molar-refractivity contribution is 5.29. The minimum atomic E-state index is -0.340. The molecule has 0 aliphatic heterocycles. The number of aromatic nitrogens is 2. The smallest absolute Gasteiger partial charge is 0.165 e. The van der Waals surface area contributed by atoms with Crippen molar-refractivity contribution in [2.24, 2.45) is 0 Å². The molecule has 100 valence electrons. The van der Waals surface area contributed by atoms with E-state index in [9.17, 15) is 4.39 Å². The minimum Gasteiger partial charge on any atom is -0.494 e. The van der Waals surface area contributed by atoms with Gasteiger partial charge in [-0.05, 0) is 24.7 Å². The van der Waals surface area contributed by atoms with Crippen molar-refractivity contribution in [3.05, 3.63) is 53.9 Å². The minimum absolute atomic E-state index is 0.264. The van der Waals surface area contributed by atoms with Crippen molar-refractivity contribution in [1.82, 2.24) is 14.9 Å². The van der Waals surface area contributed by atoms with E-state index in [-0.39, 0.29) is 11.6 Å². The predicted octanol–water partition coefficient (Wildman–Crippen LogP) is 2.26. The Morgan fingerprint density at radius 3 is 2.74 bits per heavy atom. The average molecular weight is 261 g/mol. The molecule has 4 nitrogen and oxygen atoms in total. The summed E-state index contributed by atoms with van der Waals surface area (Å²) >= 11 is 0. The lowest BCUT2D eigenvalue weighted by molar-refractivity contribution is 0.313. The van der Waals surface area contributed by atoms with Crippen molar-refractivity contribution in [2.75, 3.05) is 14.2 Å². The van der Waals surface area contributed by atoms with Crippen molar-refractivity contribution < 1.29 is 9.13 Å². The summed E-state index contributed by atoms with van der Waals surface area (Å²) in [5.41, 5.74) is 1.78. The van der Waals surface area contributed by atoms with Gasteiger partial charge in [0.15, 0.2) is 11.6 Å². The van der Waals surface area contributed by atoms with Gasteiger partial charge < -0.3 is 4.74 Å². The summed E-state index contributed by atoms with van der Waals surface area (Å²) in [6.45, 7) is 1.30. The standard InChI is InChI=1S/C14H16FN3O/c1-18(10-12-8-16-5-6-17-12)9-11-3-4-14(19-2)13(15)7-11/h3-8H,9-10H2,1-2H3. The zero-order valence-corrected chi connectivity index (χ0v) is 11.0. The Balaban J connectivity index is 1.99. The molecule has 0 saturated carbocycles. The van der Waals surface area contributed by atoms with Gasteiger partial charge in [0.05, 0.1) is 12.8 Å². The molecule has 1 aromatic carbocycles. The summed E-state index contributed by atoms with van der Waals surface area (Å²) in [4.78, 5) is 10.3. The SMILES string of the molecule is COc1ccc(CN(C)Cc2cnccn2)cc1F. The third-order valence-electron chi connectivity index (χ3n) is 2.72. The molecule has 19 heavy (non-hydrogen) atoms. The first kappa shape index (κ1) is 13.4. The maximum atomic E-state index is 13.6. The van der Waals surface area contributed by atoms with E-state index in [1.807, 2.05) is 18.0 Å². The summed E-state index contributed by atoms with van der Waals surface area (Å²) in [6, 6.07) is 4.99. The van der Waals surface area contributed by atoms with Gasteiger partial charge in [-0.3, -0.25) is 14.9 Å². The lowest BCUT2D eigenvalue weighted by Gasteiger charge is -2.16. The van der Waals surface area contributed by atoms with Crippen molar-refractivity contribution in [1.29, 1.82) is 0 Å². The quantitative estimate of drug-likeness (QED) is 0.827. The summed E-state index contributed by atoms with van der Waals surface area (Å²) in [6.07, 6.45) is 5.03. The Morgan fingerprint density at radius 2 is 2.11 bits per heavy atom. The number of halogens is 1. The van der Waals surface area contributed by atoms with Crippen molar-refractivity contribution in [3.8, 4) is 5.75 Å². The second-order valence-corrected chi connectivity index (χ2v) is 4.34. The van der Waals surface area contributed by atoms with Gasteiger partial charge in [-0.1, -0.05) is 6.07 Å². The largest absolute Gasteiger partial charge is 0.494 e. The molecule has 0 atom stereocenters. The number of hydrogen-bond donors (Lipinski definition) is 0. The monoisotopic (exact) mass is 261 g/mol. The molecule has 2 rings (SSSR count). The molecule has 0 spiro atoms. The maximum Gasteiger partial charge on any atom is 0.165 e. The molecule has 0 amide bonds. The molecule has 0 fully saturated rings. The molecular formula is C14H16FN3O. The number of rotatable bonds is 5. The highest BCUT2D eigenvalue weighted by Gasteiger charge is 2.06. The molecule has 0 unspecified atom stereocenters. The van der Waals surface area contributed by atoms with Crippen LogP contribution in [0.15, 0.2) is 36.8 Å². The van der Waals surface area contributed by atoms with Crippen LogP contribution in [0.1, 0.15) is 11.3 Å². The number of ether oxygens (including phenoxy) is 1. The van der Waals surface area contributed by atoms with Crippen LogP contribution in [-0.2, 0) is 13.1 Å². The van der Waals surface area contributed by atoms with E-state index < -0.39 is 0 Å². The van der Waals surface area contributed by atoms with Crippen molar-refractivity contribution >= 4 is 0 Å². The molecule has 0 radical (unpaired) electrons. The fourth-order valence-corrected chi connectivity index (χ4v) is 1.86. The Labute approximate surface area is 111 Å². The molecular weight excluding hydrogens is 245 g/mol. The van der Waals surface area contributed by atoms with E-state index in [0.29, 0.717) is 13.1 Å². The van der Waals surface area contributed by atoms with Gasteiger partial charge in [-0.15, -0.1) is 0 Å². The second-order valence-electron chi connectivity index (χ2n) is 4.34. The van der Waals surface area contributed by atoms with Gasteiger partial charge in [0.2, 0.25) is 0 Å². The van der Waals surface area contributed by atoms with Crippen LogP contribution in [0.3, 0.4) is 0 Å². The van der Waals surface area contributed by atoms with Crippen LogP contribution in [0.2, 0.25) is 0 Å². The Bertz CT molecular complexity index is 533. The second kappa shape index (κ2) is 6.24. The van der Waals surface area contributed by atoms with Crippen molar-refractivity contribution in [2.45, 2.75) is 13.1 Å². The molecule has 0 aliphatic carbocycles. The Kier molecular flexibility index (Phi) is 4.41. The van der Waals surface area contributed by atoms with Crippen LogP contribution < -0.4 is 4.74 Å². The first-order valence-corrected chi connectivity index (χ1v) is 5.95. The molecule has 0 N–H and O–H groups in total. The third-order valence-corrected chi connectivity index (χ3v) is 2.72. The molecule has 0 saturated heterocycles. The average Bonchev–Trinajstić information content (AvgIpc) is 2.40. The van der Waals surface area contributed by atoms with Crippen LogP contribution >= 0.6 is 0 Å². The number of methoxy groups -OCH3 is 1. The lowest BCUT2D eigenvalue weighted by atomic mass is 10.2. The summed E-state index contributed by atoms with van der Waals surface area (Å²) < 4.78 is 18.5. The highest BCUT2D eigenvalue weighted by Crippen LogP contribution is 2.18. The van der Waals surface area contributed by atoms with E-state index in [2.05, 4.69) is 9.97 Å². The van der Waals surface area contributed by atoms with Crippen LogP contribution in [-0.4, -0.2) is 29.0 Å². The maximum absolute atomic E-state index is 13.6. The molecule has 0 bridgehead atoms. The lowest BCUT2D eigenvalue weighted by Crippen LogP contribution is -2.18. The van der Waals surface area contributed by atoms with Gasteiger partial charge in [-0.2, -0.15) is 0 Å². The van der Waals surface area contributed by atoms with Crippen molar-refractivity contribution in [3.63, 3.8) is 0 Å². The van der Waals surface area contributed by atoms with Gasteiger partial charge in [0.25, 0.3) is 0 Å². The van der Waals surface area contributed by atoms with Gasteiger partial charge in [0.1, 0.15) is 0 Å². The fraction of sp³-hybridized carbons (Fsp3) is 0.286. The zero-order valence-electron chi connectivity index (χ0n) is 11.0. The van der Waals surface area contributed by atoms with E-state index in [0.717, 1.165) is 11.3 Å². The van der Waals surface area contributed by atoms with Crippen LogP contribution in [0, 0.1) is 5.82 Å². The summed E-state index contributed by atoms with van der Waals surface area (Å²) in [5.74, 6) is -0.0757. The fourth-order valence-electron chi connectivity index (χ4n) is 1.86. The predicted molar refractivity (Wildman–Crippen MR) is 70.2 cm³/mol. The molecule has 5 heteroatoms. The Hall–Kier alpha value is -2.01. The van der Waals surface area contributed by atoms with Crippen LogP contribution in [0.25, 0.3) is 0 Å². The summed E-state index contributed by atoms with van der Waals surface area (Å²) in [5, 5.41) is 0. The number of benzene rings is 1. The first-order chi connectivity index (χ1) is 9.19. The van der Waals surface area contributed by atoms with E-state index in [4.69, 9.17) is 4.74 Å². The van der Waals surface area contributed by atoms with Gasteiger partial charge in [0, 0.05) is 31.7 Å². The van der Waals surface area contributed by atoms with E-state index >= 15 is 0 Å². The van der Waals surface area contributed by atoms with E-state index in [1.54, 1.807) is 24.7 Å². The molecule has 0 aliphatic rings. The van der Waals surface area contributed by atoms with E-state index in [1.165, 1.54) is 13.2 Å². The number of nitrogens with zero attached hydrogens (tertiary/aromatic N) is 3. The molecule has 1 aromatic heterocycles. The summed E-state index contributed by atoms with van der Waals surface area (Å²) in [7, 11) is 3.41. The molecule has 1 heterocycles. The number of hydrogen-bond acceptors (Lipinski definition) is 4. The molecule has 2 aromatic rings. The third kappa shape index (κ3) is 3.72. The zero-order chi connectivity index (χ0) is 13.7. The highest BCUT2D eigenvalue weighted by atomic mass is 19.1. The normalized spacial score (nSPS) is 10.7. The Morgan fingerprint density at radius 1 is 1.26 bits per heavy atom. The van der Waals surface area contributed by atoms with Crippen LogP contribution in [0.4, 0.5) is 4.39 Å². The van der Waals surface area contributed by atoms with Gasteiger partial charge in [-0.25, -0.2) is 4.39 Å². The first-order valence-electron chi connectivity index (χ1n) is 5.95. The topological polar surface area (TPSA) is 38.2 Å². The van der Waals surface area contributed by atoms with Crippen LogP contribution in [0.5, 0.6) is 5.75 Å². The van der Waals surface area contributed by atoms with Gasteiger partial charge >= 0.3 is 0 Å².